The third-order valence-electron chi connectivity index (χ3n) is 5.12. The van der Waals surface area contributed by atoms with Gasteiger partial charge in [0, 0.05) is 24.3 Å². The minimum absolute atomic E-state index is 0.0424. The number of carbonyl (C=O) groups is 1. The van der Waals surface area contributed by atoms with Gasteiger partial charge in [-0.25, -0.2) is 0 Å². The smallest absolute Gasteiger partial charge is 0.247 e. The number of hydrogen-bond donors (Lipinski definition) is 0. The minimum atomic E-state index is -0.0444. The number of benzene rings is 2. The Labute approximate surface area is 171 Å². The van der Waals surface area contributed by atoms with Crippen molar-refractivity contribution < 1.29 is 23.7 Å². The Hall–Kier alpha value is -3.15. The molecular weight excluding hydrogens is 370 g/mol. The summed E-state index contributed by atoms with van der Waals surface area (Å²) in [5, 5.41) is 0. The first-order chi connectivity index (χ1) is 14.1. The summed E-state index contributed by atoms with van der Waals surface area (Å²) in [5.41, 5.74) is 1.80. The second kappa shape index (κ2) is 9.37. The molecule has 0 aliphatic carbocycles. The van der Waals surface area contributed by atoms with Gasteiger partial charge in [-0.3, -0.25) is 4.79 Å². The molecule has 6 heteroatoms. The van der Waals surface area contributed by atoms with Crippen molar-refractivity contribution in [3.8, 4) is 23.0 Å². The molecule has 1 aliphatic rings. The summed E-state index contributed by atoms with van der Waals surface area (Å²) in [6, 6.07) is 11.2. The van der Waals surface area contributed by atoms with Crippen molar-refractivity contribution in [2.24, 2.45) is 0 Å². The largest absolute Gasteiger partial charge is 0.497 e. The van der Waals surface area contributed by atoms with Crippen molar-refractivity contribution in [2.75, 3.05) is 35.0 Å². The third-order valence-corrected chi connectivity index (χ3v) is 5.12. The molecule has 29 heavy (non-hydrogen) atoms. The molecule has 1 amide bonds. The second-order valence-corrected chi connectivity index (χ2v) is 6.78. The molecule has 1 aliphatic heterocycles. The molecule has 0 bridgehead atoms. The normalized spacial score (nSPS) is 16.1. The Kier molecular flexibility index (Phi) is 6.65. The van der Waals surface area contributed by atoms with E-state index < -0.39 is 0 Å². The lowest BCUT2D eigenvalue weighted by atomic mass is 10.0. The Morgan fingerprint density at radius 2 is 1.62 bits per heavy atom. The van der Waals surface area contributed by atoms with Crippen LogP contribution in [-0.4, -0.2) is 45.8 Å². The first-order valence-corrected chi connectivity index (χ1v) is 9.53. The van der Waals surface area contributed by atoms with Gasteiger partial charge in [0.25, 0.3) is 0 Å². The van der Waals surface area contributed by atoms with Crippen LogP contribution < -0.4 is 18.9 Å². The lowest BCUT2D eigenvalue weighted by Gasteiger charge is -2.25. The molecule has 0 radical (unpaired) electrons. The van der Waals surface area contributed by atoms with Crippen LogP contribution in [0.4, 0.5) is 0 Å². The minimum Gasteiger partial charge on any atom is -0.497 e. The fraction of sp³-hybridized carbons (Fsp3) is 0.348. The summed E-state index contributed by atoms with van der Waals surface area (Å²) < 4.78 is 21.5. The monoisotopic (exact) mass is 397 g/mol. The van der Waals surface area contributed by atoms with E-state index in [0.717, 1.165) is 35.5 Å². The summed E-state index contributed by atoms with van der Waals surface area (Å²) in [7, 11) is 6.48. The Bertz CT molecular complexity index is 871. The van der Waals surface area contributed by atoms with Crippen LogP contribution in [0, 0.1) is 0 Å². The van der Waals surface area contributed by atoms with Gasteiger partial charge in [0.05, 0.1) is 34.5 Å². The number of amides is 1. The molecule has 2 aromatic rings. The van der Waals surface area contributed by atoms with E-state index in [0.29, 0.717) is 18.0 Å². The molecule has 0 N–H and O–H groups in total. The van der Waals surface area contributed by atoms with Crippen molar-refractivity contribution in [1.82, 2.24) is 4.90 Å². The second-order valence-electron chi connectivity index (χ2n) is 6.78. The molecule has 6 nitrogen and oxygen atoms in total. The average molecular weight is 397 g/mol. The molecule has 154 valence electrons. The van der Waals surface area contributed by atoms with Crippen molar-refractivity contribution >= 4 is 12.0 Å². The first kappa shape index (κ1) is 20.6. The maximum absolute atomic E-state index is 13.0. The highest BCUT2D eigenvalue weighted by Gasteiger charge is 2.31. The van der Waals surface area contributed by atoms with Gasteiger partial charge in [-0.2, -0.15) is 0 Å². The highest BCUT2D eigenvalue weighted by molar-refractivity contribution is 5.92. The number of methoxy groups -OCH3 is 4. The fourth-order valence-corrected chi connectivity index (χ4v) is 3.64. The molecule has 1 fully saturated rings. The van der Waals surface area contributed by atoms with Crippen molar-refractivity contribution in [3.63, 3.8) is 0 Å². The summed E-state index contributed by atoms with van der Waals surface area (Å²) in [5.74, 6) is 2.82. The molecule has 0 spiro atoms. The number of ether oxygens (including phenoxy) is 4. The zero-order valence-electron chi connectivity index (χ0n) is 17.3. The predicted octanol–water partition coefficient (Wildman–Crippen LogP) is 4.10. The van der Waals surface area contributed by atoms with E-state index in [9.17, 15) is 4.79 Å². The first-order valence-electron chi connectivity index (χ1n) is 9.53. The fourth-order valence-electron chi connectivity index (χ4n) is 3.64. The van der Waals surface area contributed by atoms with Crippen LogP contribution >= 0.6 is 0 Å². The average Bonchev–Trinajstić information content (AvgIpc) is 3.26. The van der Waals surface area contributed by atoms with Gasteiger partial charge in [-0.15, -0.1) is 0 Å². The molecular formula is C23H27NO5. The lowest BCUT2D eigenvalue weighted by molar-refractivity contribution is -0.126. The summed E-state index contributed by atoms with van der Waals surface area (Å²) in [6.07, 6.45) is 5.21. The van der Waals surface area contributed by atoms with E-state index in [2.05, 4.69) is 0 Å². The van der Waals surface area contributed by atoms with Crippen LogP contribution in [0.25, 0.3) is 6.08 Å². The Morgan fingerprint density at radius 3 is 2.24 bits per heavy atom. The van der Waals surface area contributed by atoms with Gasteiger partial charge in [-0.05, 0) is 54.8 Å². The standard InChI is InChI=1S/C23H27NO5/c1-26-17-8-9-22(29-4)20(15-17)21-6-5-11-24(21)23(25)10-7-16-12-18(27-2)14-19(13-16)28-3/h7-10,12-15,21H,5-6,11H2,1-4H3/b10-7+. The molecule has 1 unspecified atom stereocenters. The zero-order chi connectivity index (χ0) is 20.8. The maximum atomic E-state index is 13.0. The van der Waals surface area contributed by atoms with E-state index in [4.69, 9.17) is 18.9 Å². The number of carbonyl (C=O) groups excluding carboxylic acids is 1. The number of hydrogen-bond acceptors (Lipinski definition) is 5. The van der Waals surface area contributed by atoms with E-state index in [1.54, 1.807) is 46.7 Å². The number of likely N-dealkylation sites (tertiary alicyclic amines) is 1. The van der Waals surface area contributed by atoms with Gasteiger partial charge in [0.15, 0.2) is 0 Å². The van der Waals surface area contributed by atoms with Crippen molar-refractivity contribution in [3.05, 3.63) is 53.6 Å². The van der Waals surface area contributed by atoms with E-state index in [1.807, 2.05) is 35.2 Å². The highest BCUT2D eigenvalue weighted by Crippen LogP contribution is 2.39. The molecule has 1 heterocycles. The Morgan fingerprint density at radius 1 is 0.931 bits per heavy atom. The molecule has 2 aromatic carbocycles. The lowest BCUT2D eigenvalue weighted by Crippen LogP contribution is -2.29. The zero-order valence-corrected chi connectivity index (χ0v) is 17.3. The van der Waals surface area contributed by atoms with E-state index in [-0.39, 0.29) is 11.9 Å². The van der Waals surface area contributed by atoms with Crippen molar-refractivity contribution in [2.45, 2.75) is 18.9 Å². The topological polar surface area (TPSA) is 57.2 Å². The number of nitrogens with zero attached hydrogens (tertiary/aromatic N) is 1. The molecule has 1 saturated heterocycles. The van der Waals surface area contributed by atoms with Gasteiger partial charge in [0.2, 0.25) is 5.91 Å². The summed E-state index contributed by atoms with van der Waals surface area (Å²) >= 11 is 0. The summed E-state index contributed by atoms with van der Waals surface area (Å²) in [6.45, 7) is 0.704. The molecule has 1 atom stereocenters. The van der Waals surface area contributed by atoms with Crippen molar-refractivity contribution in [1.29, 1.82) is 0 Å². The van der Waals surface area contributed by atoms with Crippen LogP contribution in [0.15, 0.2) is 42.5 Å². The molecule has 0 aromatic heterocycles. The van der Waals surface area contributed by atoms with Crippen LogP contribution in [0.5, 0.6) is 23.0 Å². The molecule has 3 rings (SSSR count). The van der Waals surface area contributed by atoms with Crippen LogP contribution in [0.3, 0.4) is 0 Å². The van der Waals surface area contributed by atoms with Gasteiger partial charge < -0.3 is 23.8 Å². The highest BCUT2D eigenvalue weighted by atomic mass is 16.5. The SMILES string of the molecule is COc1cc(/C=C/C(=O)N2CCCC2c2cc(OC)ccc2OC)cc(OC)c1. The quantitative estimate of drug-likeness (QED) is 0.659. The van der Waals surface area contributed by atoms with E-state index >= 15 is 0 Å². The van der Waals surface area contributed by atoms with Crippen LogP contribution in [0.1, 0.15) is 30.0 Å². The van der Waals surface area contributed by atoms with Crippen LogP contribution in [0.2, 0.25) is 0 Å². The number of rotatable bonds is 7. The molecule has 0 saturated carbocycles. The third kappa shape index (κ3) is 4.65. The van der Waals surface area contributed by atoms with Gasteiger partial charge in [0.1, 0.15) is 23.0 Å². The van der Waals surface area contributed by atoms with E-state index in [1.165, 1.54) is 0 Å². The summed E-state index contributed by atoms with van der Waals surface area (Å²) in [4.78, 5) is 14.9. The Balaban J connectivity index is 1.83. The predicted molar refractivity (Wildman–Crippen MR) is 112 cm³/mol. The van der Waals surface area contributed by atoms with Gasteiger partial charge >= 0.3 is 0 Å². The van der Waals surface area contributed by atoms with Gasteiger partial charge in [-0.1, -0.05) is 0 Å². The van der Waals surface area contributed by atoms with Crippen LogP contribution in [-0.2, 0) is 4.79 Å². The maximum Gasteiger partial charge on any atom is 0.247 e.